The van der Waals surface area contributed by atoms with E-state index in [0.29, 0.717) is 16.1 Å². The lowest BCUT2D eigenvalue weighted by atomic mass is 9.98. The van der Waals surface area contributed by atoms with Gasteiger partial charge < -0.3 is 0 Å². The Hall–Kier alpha value is -2.12. The van der Waals surface area contributed by atoms with Gasteiger partial charge in [-0.2, -0.15) is 4.72 Å². The molecule has 7 heteroatoms. The minimum atomic E-state index is -3.84. The van der Waals surface area contributed by atoms with Crippen molar-refractivity contribution in [3.8, 4) is 0 Å². The van der Waals surface area contributed by atoms with Crippen molar-refractivity contribution in [1.29, 1.82) is 0 Å². The zero-order valence-corrected chi connectivity index (χ0v) is 19.0. The molecular formula is C23H23ClNO3S2+. The summed E-state index contributed by atoms with van der Waals surface area (Å²) in [5.41, 5.74) is 1.25. The van der Waals surface area contributed by atoms with Crippen LogP contribution in [0.2, 0.25) is 5.02 Å². The first-order valence-electron chi connectivity index (χ1n) is 9.28. The molecule has 0 radical (unpaired) electrons. The van der Waals surface area contributed by atoms with Crippen molar-refractivity contribution < 1.29 is 13.2 Å². The highest BCUT2D eigenvalue weighted by molar-refractivity contribution is 7.97. The second kappa shape index (κ2) is 9.79. The summed E-state index contributed by atoms with van der Waals surface area (Å²) in [6, 6.07) is 23.3. The zero-order valence-electron chi connectivity index (χ0n) is 16.7. The van der Waals surface area contributed by atoms with E-state index in [0.717, 1.165) is 0 Å². The predicted octanol–water partition coefficient (Wildman–Crippen LogP) is 4.49. The van der Waals surface area contributed by atoms with Crippen LogP contribution in [0.4, 0.5) is 0 Å². The van der Waals surface area contributed by atoms with Crippen LogP contribution in [-0.4, -0.2) is 32.0 Å². The van der Waals surface area contributed by atoms with Crippen molar-refractivity contribution in [2.24, 2.45) is 0 Å². The molecule has 4 nitrogen and oxygen atoms in total. The molecule has 0 aromatic heterocycles. The van der Waals surface area contributed by atoms with Crippen molar-refractivity contribution in [3.63, 3.8) is 0 Å². The Labute approximate surface area is 185 Å². The van der Waals surface area contributed by atoms with Crippen LogP contribution in [0, 0.1) is 0 Å². The molecule has 3 aromatic carbocycles. The average Bonchev–Trinajstić information content (AvgIpc) is 2.74. The number of carbonyl (C=O) groups excluding carboxylic acids is 1. The predicted molar refractivity (Wildman–Crippen MR) is 125 cm³/mol. The number of rotatable bonds is 8. The molecule has 0 amide bonds. The zero-order chi connectivity index (χ0) is 21.7. The normalized spacial score (nSPS) is 13.7. The minimum absolute atomic E-state index is 0.0976. The molecule has 2 atom stereocenters. The third-order valence-electron chi connectivity index (χ3n) is 4.69. The Morgan fingerprint density at radius 3 is 1.93 bits per heavy atom. The van der Waals surface area contributed by atoms with E-state index < -0.39 is 32.2 Å². The monoisotopic (exact) mass is 460 g/mol. The molecule has 1 N–H and O–H groups in total. The lowest BCUT2D eigenvalue weighted by Crippen LogP contribution is -2.44. The summed E-state index contributed by atoms with van der Waals surface area (Å²) in [5, 5.41) is -0.0339. The van der Waals surface area contributed by atoms with Gasteiger partial charge in [-0.25, -0.2) is 8.42 Å². The van der Waals surface area contributed by atoms with Crippen LogP contribution in [0.15, 0.2) is 89.8 Å². The molecule has 30 heavy (non-hydrogen) atoms. The summed E-state index contributed by atoms with van der Waals surface area (Å²) >= 11 is 6.04. The van der Waals surface area contributed by atoms with Crippen LogP contribution >= 0.6 is 11.6 Å². The van der Waals surface area contributed by atoms with Gasteiger partial charge in [0, 0.05) is 10.6 Å². The van der Waals surface area contributed by atoms with E-state index in [1.54, 1.807) is 66.7 Å². The van der Waals surface area contributed by atoms with E-state index >= 15 is 0 Å². The fourth-order valence-electron chi connectivity index (χ4n) is 3.21. The molecule has 3 aromatic rings. The second-order valence-electron chi connectivity index (χ2n) is 6.99. The fourth-order valence-corrected chi connectivity index (χ4v) is 6.02. The molecule has 0 spiro atoms. The van der Waals surface area contributed by atoms with E-state index in [2.05, 4.69) is 4.72 Å². The lowest BCUT2D eigenvalue weighted by molar-refractivity contribution is 0.0978. The highest BCUT2D eigenvalue weighted by atomic mass is 35.5. The summed E-state index contributed by atoms with van der Waals surface area (Å²) in [6.45, 7) is 0. The highest BCUT2D eigenvalue weighted by Gasteiger charge is 2.41. The van der Waals surface area contributed by atoms with Crippen molar-refractivity contribution in [3.05, 3.63) is 101 Å². The number of hydrogen-bond donors (Lipinski definition) is 1. The smallest absolute Gasteiger partial charge is 0.241 e. The van der Waals surface area contributed by atoms with E-state index in [-0.39, 0.29) is 10.7 Å². The maximum Gasteiger partial charge on any atom is 0.241 e. The van der Waals surface area contributed by atoms with Crippen LogP contribution < -0.4 is 4.72 Å². The van der Waals surface area contributed by atoms with E-state index in [4.69, 9.17) is 11.6 Å². The van der Waals surface area contributed by atoms with Crippen LogP contribution in [0.5, 0.6) is 0 Å². The SMILES string of the molecule is C[S+](C)C(C(=O)c1ccccc1)C(NS(=O)(=O)c1ccccc1)c1ccc(Cl)cc1. The van der Waals surface area contributed by atoms with E-state index in [9.17, 15) is 13.2 Å². The van der Waals surface area contributed by atoms with Crippen LogP contribution in [-0.2, 0) is 20.9 Å². The standard InChI is InChI=1S/C23H23ClNO3S2/c1-29(2)23(22(26)18-9-5-3-6-10-18)21(17-13-15-19(24)16-14-17)25-30(27,28)20-11-7-4-8-12-20/h3-16,21,23,25H,1-2H3/q+1. The number of halogens is 1. The number of Topliss-reactive ketones (excluding diaryl/α,β-unsaturated/α-hetero) is 1. The third-order valence-corrected chi connectivity index (χ3v) is 7.90. The molecule has 0 aliphatic heterocycles. The molecule has 0 aliphatic carbocycles. The quantitative estimate of drug-likeness (QED) is 0.398. The highest BCUT2D eigenvalue weighted by Crippen LogP contribution is 2.28. The maximum atomic E-state index is 13.4. The van der Waals surface area contributed by atoms with E-state index in [1.807, 2.05) is 18.6 Å². The Kier molecular flexibility index (Phi) is 7.36. The molecular weight excluding hydrogens is 438 g/mol. The first-order chi connectivity index (χ1) is 14.3. The largest absolute Gasteiger partial charge is 0.288 e. The molecule has 0 aliphatic rings. The Balaban J connectivity index is 2.07. The van der Waals surface area contributed by atoms with Crippen molar-refractivity contribution in [2.75, 3.05) is 12.5 Å². The summed E-state index contributed by atoms with van der Waals surface area (Å²) in [6.07, 6.45) is 3.90. The second-order valence-corrected chi connectivity index (χ2v) is 11.4. The first kappa shape index (κ1) is 22.6. The van der Waals surface area contributed by atoms with Gasteiger partial charge in [-0.3, -0.25) is 4.79 Å². The van der Waals surface area contributed by atoms with Crippen molar-refractivity contribution in [2.45, 2.75) is 16.2 Å². The van der Waals surface area contributed by atoms with Gasteiger partial charge in [-0.1, -0.05) is 72.3 Å². The van der Waals surface area contributed by atoms with Crippen molar-refractivity contribution >= 4 is 38.3 Å². The number of hydrogen-bond acceptors (Lipinski definition) is 3. The molecule has 156 valence electrons. The Bertz CT molecular complexity index is 1090. The molecule has 0 fully saturated rings. The van der Waals surface area contributed by atoms with Gasteiger partial charge in [-0.05, 0) is 40.7 Å². The summed E-state index contributed by atoms with van der Waals surface area (Å²) < 4.78 is 29.0. The van der Waals surface area contributed by atoms with Crippen LogP contribution in [0.3, 0.4) is 0 Å². The van der Waals surface area contributed by atoms with Crippen LogP contribution in [0.25, 0.3) is 0 Å². The Morgan fingerprint density at radius 1 is 0.867 bits per heavy atom. The fraction of sp³-hybridized carbons (Fsp3) is 0.174. The van der Waals surface area contributed by atoms with Gasteiger partial charge in [0.1, 0.15) is 6.04 Å². The van der Waals surface area contributed by atoms with Crippen molar-refractivity contribution in [1.82, 2.24) is 4.72 Å². The molecule has 0 saturated heterocycles. The van der Waals surface area contributed by atoms with Gasteiger partial charge >= 0.3 is 0 Å². The maximum absolute atomic E-state index is 13.4. The number of carbonyl (C=O) groups is 1. The van der Waals surface area contributed by atoms with E-state index in [1.165, 1.54) is 12.1 Å². The van der Waals surface area contributed by atoms with Crippen LogP contribution in [0.1, 0.15) is 22.0 Å². The van der Waals surface area contributed by atoms with Gasteiger partial charge in [0.2, 0.25) is 15.8 Å². The van der Waals surface area contributed by atoms with Gasteiger partial charge in [-0.15, -0.1) is 0 Å². The third kappa shape index (κ3) is 5.32. The minimum Gasteiger partial charge on any atom is -0.288 e. The molecule has 0 bridgehead atoms. The van der Waals surface area contributed by atoms with Gasteiger partial charge in [0.15, 0.2) is 5.25 Å². The first-order valence-corrected chi connectivity index (χ1v) is 13.2. The number of nitrogens with one attached hydrogen (secondary N) is 1. The average molecular weight is 461 g/mol. The summed E-state index contributed by atoms with van der Waals surface area (Å²) in [7, 11) is -4.26. The summed E-state index contributed by atoms with van der Waals surface area (Å²) in [4.78, 5) is 13.6. The molecule has 2 unspecified atom stereocenters. The van der Waals surface area contributed by atoms with Gasteiger partial charge in [0.25, 0.3) is 0 Å². The topological polar surface area (TPSA) is 63.2 Å². The Morgan fingerprint density at radius 2 is 1.40 bits per heavy atom. The lowest BCUT2D eigenvalue weighted by Gasteiger charge is -2.25. The summed E-state index contributed by atoms with van der Waals surface area (Å²) in [5.74, 6) is -0.0976. The number of benzene rings is 3. The molecule has 0 heterocycles. The molecule has 0 saturated carbocycles. The number of ketones is 1. The molecule has 3 rings (SSSR count). The van der Waals surface area contributed by atoms with Gasteiger partial charge in [0.05, 0.1) is 17.4 Å². The number of sulfonamides is 1.